The average molecular weight is 397 g/mol. The fraction of sp³-hybridized carbons (Fsp3) is 0.333. The van der Waals surface area contributed by atoms with Crippen molar-refractivity contribution in [3.63, 3.8) is 0 Å². The molecule has 0 aliphatic carbocycles. The van der Waals surface area contributed by atoms with Crippen LogP contribution in [0, 0.1) is 0 Å². The van der Waals surface area contributed by atoms with Crippen LogP contribution >= 0.6 is 0 Å². The van der Waals surface area contributed by atoms with Gasteiger partial charge in [0.05, 0.1) is 24.7 Å². The van der Waals surface area contributed by atoms with Crippen LogP contribution in [0.1, 0.15) is 22.3 Å². The fourth-order valence-electron chi connectivity index (χ4n) is 3.25. The predicted molar refractivity (Wildman–Crippen MR) is 104 cm³/mol. The van der Waals surface area contributed by atoms with Crippen molar-refractivity contribution in [3.8, 4) is 0 Å². The van der Waals surface area contributed by atoms with Gasteiger partial charge in [0.1, 0.15) is 6.04 Å². The lowest BCUT2D eigenvalue weighted by Crippen LogP contribution is -2.54. The van der Waals surface area contributed by atoms with Crippen molar-refractivity contribution in [1.82, 2.24) is 15.2 Å². The smallest absolute Gasteiger partial charge is 0.306 e. The second-order valence-electron chi connectivity index (χ2n) is 6.83. The van der Waals surface area contributed by atoms with Gasteiger partial charge in [-0.05, 0) is 17.7 Å². The molecule has 2 aromatic rings. The van der Waals surface area contributed by atoms with E-state index < -0.39 is 18.1 Å². The molecule has 2 heterocycles. The van der Waals surface area contributed by atoms with Crippen LogP contribution in [0.15, 0.2) is 54.9 Å². The molecule has 2 atom stereocenters. The Morgan fingerprint density at radius 2 is 2.00 bits per heavy atom. The summed E-state index contributed by atoms with van der Waals surface area (Å²) in [4.78, 5) is 42.3. The van der Waals surface area contributed by atoms with Crippen LogP contribution in [0.2, 0.25) is 0 Å². The minimum Gasteiger partial charge on any atom is -0.481 e. The molecule has 2 amide bonds. The summed E-state index contributed by atoms with van der Waals surface area (Å²) in [5.74, 6) is -1.62. The molecular weight excluding hydrogens is 374 g/mol. The van der Waals surface area contributed by atoms with Crippen molar-refractivity contribution in [3.05, 3.63) is 66.0 Å². The van der Waals surface area contributed by atoms with Crippen LogP contribution in [0.25, 0.3) is 0 Å². The number of aliphatic carboxylic acids is 1. The molecule has 0 saturated carbocycles. The van der Waals surface area contributed by atoms with Crippen molar-refractivity contribution < 1.29 is 24.2 Å². The van der Waals surface area contributed by atoms with Crippen LogP contribution < -0.4 is 5.32 Å². The molecule has 1 aromatic heterocycles. The molecule has 1 aliphatic heterocycles. The Balaban J connectivity index is 1.75. The highest BCUT2D eigenvalue weighted by Crippen LogP contribution is 2.13. The summed E-state index contributed by atoms with van der Waals surface area (Å²) in [6, 6.07) is 11.9. The van der Waals surface area contributed by atoms with E-state index in [1.54, 1.807) is 23.2 Å². The number of amides is 2. The first-order valence-electron chi connectivity index (χ1n) is 9.40. The number of carboxylic acids is 1. The number of ether oxygens (including phenoxy) is 1. The molecule has 2 N–H and O–H groups in total. The second kappa shape index (κ2) is 9.79. The topological polar surface area (TPSA) is 109 Å². The monoisotopic (exact) mass is 397 g/mol. The summed E-state index contributed by atoms with van der Waals surface area (Å²) in [5.41, 5.74) is 1.27. The maximum atomic E-state index is 13.2. The zero-order chi connectivity index (χ0) is 20.6. The minimum absolute atomic E-state index is 0.171. The van der Waals surface area contributed by atoms with E-state index in [1.807, 2.05) is 30.3 Å². The summed E-state index contributed by atoms with van der Waals surface area (Å²) in [7, 11) is 0. The molecule has 3 rings (SSSR count). The van der Waals surface area contributed by atoms with E-state index in [4.69, 9.17) is 9.84 Å². The molecule has 8 nitrogen and oxygen atoms in total. The van der Waals surface area contributed by atoms with Gasteiger partial charge in [0.25, 0.3) is 5.91 Å². The van der Waals surface area contributed by atoms with Crippen molar-refractivity contribution >= 4 is 17.8 Å². The third-order valence-corrected chi connectivity index (χ3v) is 4.66. The van der Waals surface area contributed by atoms with Crippen LogP contribution in [-0.2, 0) is 20.7 Å². The van der Waals surface area contributed by atoms with Crippen LogP contribution in [0.5, 0.6) is 0 Å². The number of carbonyl (C=O) groups excluding carboxylic acids is 2. The summed E-state index contributed by atoms with van der Waals surface area (Å²) >= 11 is 0. The molecule has 0 bridgehead atoms. The van der Waals surface area contributed by atoms with Crippen molar-refractivity contribution in [1.29, 1.82) is 0 Å². The zero-order valence-corrected chi connectivity index (χ0v) is 15.9. The van der Waals surface area contributed by atoms with Gasteiger partial charge in [-0.1, -0.05) is 30.3 Å². The van der Waals surface area contributed by atoms with E-state index in [0.717, 1.165) is 5.56 Å². The van der Waals surface area contributed by atoms with Crippen molar-refractivity contribution in [2.24, 2.45) is 0 Å². The van der Waals surface area contributed by atoms with E-state index in [0.29, 0.717) is 18.5 Å². The quantitative estimate of drug-likeness (QED) is 0.725. The fourth-order valence-corrected chi connectivity index (χ4v) is 3.25. The van der Waals surface area contributed by atoms with Gasteiger partial charge in [0, 0.05) is 31.9 Å². The molecule has 2 unspecified atom stereocenters. The minimum atomic E-state index is -0.977. The Bertz CT molecular complexity index is 844. The lowest BCUT2D eigenvalue weighted by molar-refractivity contribution is -0.148. The highest BCUT2D eigenvalue weighted by molar-refractivity contribution is 5.97. The number of carboxylic acid groups (broad SMARTS) is 1. The molecule has 152 valence electrons. The molecule has 0 radical (unpaired) electrons. The van der Waals surface area contributed by atoms with Gasteiger partial charge in [-0.3, -0.25) is 19.4 Å². The molecule has 1 saturated heterocycles. The maximum Gasteiger partial charge on any atom is 0.306 e. The third-order valence-electron chi connectivity index (χ3n) is 4.66. The molecule has 0 spiro atoms. The highest BCUT2D eigenvalue weighted by Gasteiger charge is 2.31. The Labute approximate surface area is 168 Å². The number of rotatable bonds is 7. The Kier molecular flexibility index (Phi) is 6.91. The van der Waals surface area contributed by atoms with Gasteiger partial charge in [0.15, 0.2) is 0 Å². The predicted octanol–water partition coefficient (Wildman–Crippen LogP) is 1.12. The molecule has 1 aromatic carbocycles. The number of hydrogen-bond acceptors (Lipinski definition) is 5. The van der Waals surface area contributed by atoms with Crippen molar-refractivity contribution in [2.75, 3.05) is 19.7 Å². The lowest BCUT2D eigenvalue weighted by atomic mass is 10.0. The number of morpholine rings is 1. The first-order valence-corrected chi connectivity index (χ1v) is 9.40. The van der Waals surface area contributed by atoms with Gasteiger partial charge in [-0.2, -0.15) is 0 Å². The Hall–Kier alpha value is -3.26. The largest absolute Gasteiger partial charge is 0.481 e. The van der Waals surface area contributed by atoms with E-state index in [1.165, 1.54) is 6.20 Å². The van der Waals surface area contributed by atoms with Gasteiger partial charge in [-0.25, -0.2) is 0 Å². The summed E-state index contributed by atoms with van der Waals surface area (Å²) in [6.07, 6.45) is 2.61. The number of nitrogens with one attached hydrogen (secondary N) is 1. The van der Waals surface area contributed by atoms with Gasteiger partial charge >= 0.3 is 5.97 Å². The summed E-state index contributed by atoms with van der Waals surface area (Å²) in [6.45, 7) is 0.792. The van der Waals surface area contributed by atoms with Gasteiger partial charge in [0.2, 0.25) is 5.91 Å². The van der Waals surface area contributed by atoms with Crippen molar-refractivity contribution in [2.45, 2.75) is 25.0 Å². The highest BCUT2D eigenvalue weighted by atomic mass is 16.5. The molecule has 29 heavy (non-hydrogen) atoms. The first kappa shape index (κ1) is 20.5. The van der Waals surface area contributed by atoms with Gasteiger partial charge in [-0.15, -0.1) is 0 Å². The molecule has 1 aliphatic rings. The number of pyridine rings is 1. The maximum absolute atomic E-state index is 13.2. The van der Waals surface area contributed by atoms with E-state index in [-0.39, 0.29) is 31.4 Å². The van der Waals surface area contributed by atoms with Crippen LogP contribution in [0.4, 0.5) is 0 Å². The van der Waals surface area contributed by atoms with E-state index in [9.17, 15) is 14.4 Å². The van der Waals surface area contributed by atoms with Gasteiger partial charge < -0.3 is 20.1 Å². The number of nitrogens with zero attached hydrogens (tertiary/aromatic N) is 2. The SMILES string of the molecule is O=C(O)CC1CN(C(=O)C(Cc2ccccc2)NC(=O)c2cccnc2)CCO1. The zero-order valence-electron chi connectivity index (χ0n) is 15.9. The second-order valence-corrected chi connectivity index (χ2v) is 6.83. The summed E-state index contributed by atoms with van der Waals surface area (Å²) in [5, 5.41) is 11.8. The summed E-state index contributed by atoms with van der Waals surface area (Å²) < 4.78 is 5.45. The Morgan fingerprint density at radius 3 is 2.69 bits per heavy atom. The van der Waals surface area contributed by atoms with E-state index in [2.05, 4.69) is 10.3 Å². The van der Waals surface area contributed by atoms with Crippen LogP contribution in [0.3, 0.4) is 0 Å². The lowest BCUT2D eigenvalue weighted by Gasteiger charge is -2.34. The number of benzene rings is 1. The average Bonchev–Trinajstić information content (AvgIpc) is 2.74. The Morgan fingerprint density at radius 1 is 1.21 bits per heavy atom. The third kappa shape index (κ3) is 5.86. The normalized spacial score (nSPS) is 17.4. The molecular formula is C21H23N3O5. The van der Waals surface area contributed by atoms with Crippen LogP contribution in [-0.4, -0.2) is 64.6 Å². The number of carbonyl (C=O) groups is 3. The van der Waals surface area contributed by atoms with E-state index >= 15 is 0 Å². The number of hydrogen-bond donors (Lipinski definition) is 2. The standard InChI is InChI=1S/C21H23N3O5/c25-19(26)12-17-14-24(9-10-29-17)21(28)18(11-15-5-2-1-3-6-15)23-20(27)16-7-4-8-22-13-16/h1-8,13,17-18H,9-12,14H2,(H,23,27)(H,25,26). The molecule has 1 fully saturated rings. The first-order chi connectivity index (χ1) is 14.0. The number of aromatic nitrogens is 1. The molecule has 8 heteroatoms.